The van der Waals surface area contributed by atoms with Gasteiger partial charge in [0, 0.05) is 7.05 Å². The molecule has 1 aromatic carbocycles. The van der Waals surface area contributed by atoms with E-state index in [4.69, 9.17) is 4.18 Å². The molecule has 2 aromatic rings. The molecule has 0 aliphatic carbocycles. The van der Waals surface area contributed by atoms with Crippen molar-refractivity contribution in [3.63, 3.8) is 0 Å². The SMILES string of the molecule is Cc1ccc(OS(=O)/N=c2/sc(C)nn2C)cc1. The zero-order valence-electron chi connectivity index (χ0n) is 10.3. The summed E-state index contributed by atoms with van der Waals surface area (Å²) in [6.07, 6.45) is 0. The van der Waals surface area contributed by atoms with Crippen molar-refractivity contribution in [1.29, 1.82) is 0 Å². The lowest BCUT2D eigenvalue weighted by Crippen LogP contribution is -2.14. The van der Waals surface area contributed by atoms with Crippen molar-refractivity contribution in [3.8, 4) is 5.75 Å². The van der Waals surface area contributed by atoms with Crippen molar-refractivity contribution >= 4 is 22.6 Å². The molecule has 0 N–H and O–H groups in total. The van der Waals surface area contributed by atoms with E-state index in [0.717, 1.165) is 10.6 Å². The van der Waals surface area contributed by atoms with Crippen LogP contribution in [0.1, 0.15) is 10.6 Å². The molecule has 0 aliphatic heterocycles. The van der Waals surface area contributed by atoms with Crippen molar-refractivity contribution in [2.75, 3.05) is 0 Å². The van der Waals surface area contributed by atoms with Crippen LogP contribution in [0.15, 0.2) is 28.7 Å². The Bertz CT molecular complexity index is 628. The van der Waals surface area contributed by atoms with E-state index < -0.39 is 11.3 Å². The van der Waals surface area contributed by atoms with Crippen LogP contribution in [-0.2, 0) is 18.3 Å². The average molecular weight is 283 g/mol. The van der Waals surface area contributed by atoms with Crippen LogP contribution >= 0.6 is 11.3 Å². The highest BCUT2D eigenvalue weighted by Gasteiger charge is 2.03. The molecule has 1 atom stereocenters. The number of hydrogen-bond acceptors (Lipinski definition) is 4. The fraction of sp³-hybridized carbons (Fsp3) is 0.273. The molecule has 96 valence electrons. The van der Waals surface area contributed by atoms with E-state index in [-0.39, 0.29) is 0 Å². The van der Waals surface area contributed by atoms with Gasteiger partial charge in [0.15, 0.2) is 0 Å². The Hall–Kier alpha value is -1.47. The fourth-order valence-electron chi connectivity index (χ4n) is 1.31. The molecule has 18 heavy (non-hydrogen) atoms. The molecule has 5 nitrogen and oxygen atoms in total. The van der Waals surface area contributed by atoms with Crippen molar-refractivity contribution in [2.24, 2.45) is 11.4 Å². The van der Waals surface area contributed by atoms with Crippen LogP contribution in [0.25, 0.3) is 0 Å². The first-order valence-electron chi connectivity index (χ1n) is 5.27. The smallest absolute Gasteiger partial charge is 0.341 e. The molecule has 7 heteroatoms. The van der Waals surface area contributed by atoms with Gasteiger partial charge >= 0.3 is 11.3 Å². The van der Waals surface area contributed by atoms with Crippen LogP contribution in [0.3, 0.4) is 0 Å². The van der Waals surface area contributed by atoms with Gasteiger partial charge in [-0.2, -0.15) is 9.31 Å². The third-order valence-corrected chi connectivity index (χ3v) is 3.84. The second-order valence-corrected chi connectivity index (χ2v) is 5.68. The molecule has 1 heterocycles. The lowest BCUT2D eigenvalue weighted by Gasteiger charge is -2.00. The molecule has 1 aromatic heterocycles. The summed E-state index contributed by atoms with van der Waals surface area (Å²) in [5.41, 5.74) is 1.12. The summed E-state index contributed by atoms with van der Waals surface area (Å²) in [7, 11) is 1.76. The number of hydrogen-bond donors (Lipinski definition) is 0. The standard InChI is InChI=1S/C11H13N3O2S2/c1-8-4-6-10(7-5-8)16-18(15)13-11-14(3)12-9(2)17-11/h4-7H,1-3H3/b13-11+. The predicted molar refractivity (Wildman–Crippen MR) is 71.3 cm³/mol. The Balaban J connectivity index is 2.16. The summed E-state index contributed by atoms with van der Waals surface area (Å²) in [6.45, 7) is 3.85. The van der Waals surface area contributed by atoms with Gasteiger partial charge in [0.2, 0.25) is 4.80 Å². The largest absolute Gasteiger partial charge is 0.384 e. The molecule has 0 aliphatic rings. The average Bonchev–Trinajstić information content (AvgIpc) is 2.61. The number of nitrogens with zero attached hydrogens (tertiary/aromatic N) is 3. The van der Waals surface area contributed by atoms with Gasteiger partial charge in [-0.3, -0.25) is 0 Å². The molecular formula is C11H13N3O2S2. The van der Waals surface area contributed by atoms with Crippen LogP contribution in [0.2, 0.25) is 0 Å². The zero-order chi connectivity index (χ0) is 13.1. The van der Waals surface area contributed by atoms with E-state index in [0.29, 0.717) is 10.6 Å². The Labute approximate surface area is 112 Å². The third kappa shape index (κ3) is 3.27. The van der Waals surface area contributed by atoms with E-state index in [1.807, 2.05) is 26.0 Å². The highest BCUT2D eigenvalue weighted by Crippen LogP contribution is 2.12. The lowest BCUT2D eigenvalue weighted by molar-refractivity contribution is 0.561. The summed E-state index contributed by atoms with van der Waals surface area (Å²) in [6, 6.07) is 7.31. The summed E-state index contributed by atoms with van der Waals surface area (Å²) >= 11 is -0.383. The number of benzene rings is 1. The zero-order valence-corrected chi connectivity index (χ0v) is 11.9. The van der Waals surface area contributed by atoms with Crippen molar-refractivity contribution in [1.82, 2.24) is 9.78 Å². The van der Waals surface area contributed by atoms with E-state index in [2.05, 4.69) is 9.50 Å². The Morgan fingerprint density at radius 3 is 2.56 bits per heavy atom. The molecule has 1 unspecified atom stereocenters. The van der Waals surface area contributed by atoms with Gasteiger partial charge in [0.1, 0.15) is 10.8 Å². The number of rotatable bonds is 3. The van der Waals surface area contributed by atoms with Crippen molar-refractivity contribution in [3.05, 3.63) is 39.6 Å². The maximum Gasteiger partial charge on any atom is 0.341 e. The Morgan fingerprint density at radius 1 is 1.33 bits per heavy atom. The topological polar surface area (TPSA) is 56.5 Å². The number of aromatic nitrogens is 2. The van der Waals surface area contributed by atoms with E-state index in [1.54, 1.807) is 23.9 Å². The van der Waals surface area contributed by atoms with Gasteiger partial charge in [-0.15, -0.1) is 4.40 Å². The molecule has 0 saturated carbocycles. The Kier molecular flexibility index (Phi) is 3.93. The molecule has 0 spiro atoms. The van der Waals surface area contributed by atoms with Gasteiger partial charge in [-0.25, -0.2) is 4.68 Å². The summed E-state index contributed by atoms with van der Waals surface area (Å²) in [4.78, 5) is 0.568. The van der Waals surface area contributed by atoms with Gasteiger partial charge in [-0.05, 0) is 26.0 Å². The first-order chi connectivity index (χ1) is 8.54. The summed E-state index contributed by atoms with van der Waals surface area (Å²) < 4.78 is 22.5. The van der Waals surface area contributed by atoms with Crippen LogP contribution in [-0.4, -0.2) is 14.0 Å². The molecule has 2 rings (SSSR count). The van der Waals surface area contributed by atoms with Gasteiger partial charge in [-0.1, -0.05) is 29.0 Å². The quantitative estimate of drug-likeness (QED) is 0.860. The molecule has 0 amide bonds. The van der Waals surface area contributed by atoms with Crippen LogP contribution in [0.4, 0.5) is 0 Å². The van der Waals surface area contributed by atoms with Crippen LogP contribution in [0, 0.1) is 13.8 Å². The molecule has 0 saturated heterocycles. The molecule has 0 radical (unpaired) electrons. The van der Waals surface area contributed by atoms with E-state index in [1.165, 1.54) is 11.3 Å². The van der Waals surface area contributed by atoms with Crippen molar-refractivity contribution in [2.45, 2.75) is 13.8 Å². The number of aryl methyl sites for hydroxylation is 3. The molecule has 0 fully saturated rings. The normalized spacial score (nSPS) is 13.6. The first kappa shape index (κ1) is 13.0. The van der Waals surface area contributed by atoms with Gasteiger partial charge in [0.25, 0.3) is 0 Å². The maximum absolute atomic E-state index is 11.7. The Morgan fingerprint density at radius 2 is 2.00 bits per heavy atom. The second-order valence-electron chi connectivity index (χ2n) is 3.73. The van der Waals surface area contributed by atoms with Crippen LogP contribution in [0.5, 0.6) is 5.75 Å². The van der Waals surface area contributed by atoms with Crippen LogP contribution < -0.4 is 8.98 Å². The lowest BCUT2D eigenvalue weighted by atomic mass is 10.2. The van der Waals surface area contributed by atoms with Gasteiger partial charge < -0.3 is 4.18 Å². The maximum atomic E-state index is 11.7. The highest BCUT2D eigenvalue weighted by molar-refractivity contribution is 7.79. The van der Waals surface area contributed by atoms with E-state index >= 15 is 0 Å². The minimum atomic E-state index is -1.75. The molecular weight excluding hydrogens is 270 g/mol. The molecule has 0 bridgehead atoms. The summed E-state index contributed by atoms with van der Waals surface area (Å²) in [5.74, 6) is 0.534. The summed E-state index contributed by atoms with van der Waals surface area (Å²) in [5, 5.41) is 5.00. The minimum Gasteiger partial charge on any atom is -0.384 e. The van der Waals surface area contributed by atoms with E-state index in [9.17, 15) is 4.21 Å². The third-order valence-electron chi connectivity index (χ3n) is 2.15. The predicted octanol–water partition coefficient (Wildman–Crippen LogP) is 1.66. The first-order valence-corrected chi connectivity index (χ1v) is 7.12. The highest BCUT2D eigenvalue weighted by atomic mass is 32.2. The fourth-order valence-corrected chi connectivity index (χ4v) is 2.80. The van der Waals surface area contributed by atoms with Gasteiger partial charge in [0.05, 0.1) is 0 Å². The second kappa shape index (κ2) is 5.45. The van der Waals surface area contributed by atoms with Crippen molar-refractivity contribution < 1.29 is 8.39 Å². The minimum absolute atomic E-state index is 0.534. The monoisotopic (exact) mass is 283 g/mol.